The maximum Gasteiger partial charge on any atom is 0.416 e. The van der Waals surface area contributed by atoms with Crippen molar-refractivity contribution in [2.75, 3.05) is 11.9 Å². The minimum atomic E-state index is -4.38. The van der Waals surface area contributed by atoms with Crippen LogP contribution in [0, 0.1) is 0 Å². The van der Waals surface area contributed by atoms with Crippen LogP contribution in [-0.2, 0) is 6.18 Å². The maximum absolute atomic E-state index is 13.2. The van der Waals surface area contributed by atoms with Crippen LogP contribution in [-0.4, -0.2) is 26.7 Å². The number of alkyl halides is 3. The number of aromatic nitrogens is 4. The highest BCUT2D eigenvalue weighted by Gasteiger charge is 2.34. The lowest BCUT2D eigenvalue weighted by molar-refractivity contribution is -0.138. The van der Waals surface area contributed by atoms with Gasteiger partial charge in [-0.15, -0.1) is 10.2 Å². The molecule has 2 N–H and O–H groups in total. The average molecular weight is 371 g/mol. The fraction of sp³-hybridized carbons (Fsp3) is 0.211. The van der Waals surface area contributed by atoms with Gasteiger partial charge in [-0.05, 0) is 23.6 Å². The molecule has 8 heteroatoms. The van der Waals surface area contributed by atoms with Crippen LogP contribution >= 0.6 is 0 Å². The van der Waals surface area contributed by atoms with E-state index in [9.17, 15) is 13.2 Å². The SMILES string of the molecule is CC(CNc1nnc2c(n1)[nH]c1ccccc12)c1ccccc1C(F)(F)F. The number of hydrogen-bond donors (Lipinski definition) is 2. The molecule has 0 saturated heterocycles. The van der Waals surface area contributed by atoms with Gasteiger partial charge >= 0.3 is 6.18 Å². The second-order valence-electron chi connectivity index (χ2n) is 6.37. The van der Waals surface area contributed by atoms with Crippen molar-refractivity contribution in [2.45, 2.75) is 19.0 Å². The average Bonchev–Trinajstić information content (AvgIpc) is 3.03. The third-order valence-corrected chi connectivity index (χ3v) is 4.49. The zero-order valence-electron chi connectivity index (χ0n) is 14.4. The Hall–Kier alpha value is -3.16. The number of rotatable bonds is 4. The summed E-state index contributed by atoms with van der Waals surface area (Å²) in [6.07, 6.45) is -4.38. The highest BCUT2D eigenvalue weighted by Crippen LogP contribution is 2.35. The first-order valence-electron chi connectivity index (χ1n) is 8.44. The van der Waals surface area contributed by atoms with Crippen molar-refractivity contribution in [3.05, 3.63) is 59.7 Å². The second kappa shape index (κ2) is 6.53. The quantitative estimate of drug-likeness (QED) is 0.544. The molecule has 0 aliphatic heterocycles. The van der Waals surface area contributed by atoms with E-state index in [0.29, 0.717) is 11.2 Å². The van der Waals surface area contributed by atoms with Crippen LogP contribution in [0.4, 0.5) is 19.1 Å². The predicted octanol–water partition coefficient (Wildman–Crippen LogP) is 4.74. The Labute approximate surface area is 152 Å². The molecule has 0 saturated carbocycles. The van der Waals surface area contributed by atoms with Crippen molar-refractivity contribution in [1.82, 2.24) is 20.2 Å². The van der Waals surface area contributed by atoms with Crippen LogP contribution < -0.4 is 5.32 Å². The fourth-order valence-corrected chi connectivity index (χ4v) is 3.13. The van der Waals surface area contributed by atoms with Crippen molar-refractivity contribution in [3.8, 4) is 0 Å². The topological polar surface area (TPSA) is 66.5 Å². The lowest BCUT2D eigenvalue weighted by Crippen LogP contribution is -2.17. The standard InChI is InChI=1S/C19H16F3N5/c1-11(12-6-2-4-8-14(12)19(20,21)22)10-23-18-25-17-16(26-27-18)13-7-3-5-9-15(13)24-17/h2-9,11H,10H2,1H3,(H2,23,24,25,27). The van der Waals surface area contributed by atoms with Crippen LogP contribution in [0.1, 0.15) is 24.0 Å². The summed E-state index contributed by atoms with van der Waals surface area (Å²) in [4.78, 5) is 7.55. The van der Waals surface area contributed by atoms with E-state index in [2.05, 4.69) is 25.5 Å². The van der Waals surface area contributed by atoms with Gasteiger partial charge in [-0.3, -0.25) is 0 Å². The molecule has 0 bridgehead atoms. The molecule has 5 nitrogen and oxygen atoms in total. The Morgan fingerprint density at radius 3 is 2.59 bits per heavy atom. The molecule has 27 heavy (non-hydrogen) atoms. The van der Waals surface area contributed by atoms with E-state index in [0.717, 1.165) is 17.0 Å². The van der Waals surface area contributed by atoms with E-state index in [1.165, 1.54) is 12.1 Å². The lowest BCUT2D eigenvalue weighted by Gasteiger charge is -2.18. The number of hydrogen-bond acceptors (Lipinski definition) is 4. The molecule has 0 fully saturated rings. The molecule has 0 spiro atoms. The molecular weight excluding hydrogens is 355 g/mol. The number of nitrogens with one attached hydrogen (secondary N) is 2. The van der Waals surface area contributed by atoms with Gasteiger partial charge in [0.25, 0.3) is 0 Å². The minimum Gasteiger partial charge on any atom is -0.352 e. The van der Waals surface area contributed by atoms with Crippen LogP contribution in [0.5, 0.6) is 0 Å². The summed E-state index contributed by atoms with van der Waals surface area (Å²) in [5.41, 5.74) is 1.75. The first-order chi connectivity index (χ1) is 12.9. The molecule has 138 valence electrons. The molecule has 0 amide bonds. The fourth-order valence-electron chi connectivity index (χ4n) is 3.13. The van der Waals surface area contributed by atoms with Gasteiger partial charge in [0.05, 0.1) is 5.56 Å². The number of anilines is 1. The zero-order valence-corrected chi connectivity index (χ0v) is 14.4. The molecule has 2 aromatic heterocycles. The Kier molecular flexibility index (Phi) is 4.18. The molecule has 0 radical (unpaired) electrons. The highest BCUT2D eigenvalue weighted by molar-refractivity contribution is 6.03. The van der Waals surface area contributed by atoms with E-state index in [1.54, 1.807) is 13.0 Å². The maximum atomic E-state index is 13.2. The third kappa shape index (κ3) is 3.30. The van der Waals surface area contributed by atoms with Crippen LogP contribution in [0.3, 0.4) is 0 Å². The summed E-state index contributed by atoms with van der Waals surface area (Å²) >= 11 is 0. The molecule has 0 aliphatic rings. The van der Waals surface area contributed by atoms with E-state index in [1.807, 2.05) is 24.3 Å². The molecule has 0 aliphatic carbocycles. The van der Waals surface area contributed by atoms with E-state index < -0.39 is 11.7 Å². The third-order valence-electron chi connectivity index (χ3n) is 4.49. The first-order valence-corrected chi connectivity index (χ1v) is 8.44. The van der Waals surface area contributed by atoms with Crippen LogP contribution in [0.15, 0.2) is 48.5 Å². The lowest BCUT2D eigenvalue weighted by atomic mass is 9.95. The van der Waals surface area contributed by atoms with Crippen molar-refractivity contribution in [3.63, 3.8) is 0 Å². The number of halogens is 3. The molecule has 4 aromatic rings. The summed E-state index contributed by atoms with van der Waals surface area (Å²) in [6.45, 7) is 1.98. The van der Waals surface area contributed by atoms with Gasteiger partial charge in [-0.1, -0.05) is 43.3 Å². The first kappa shape index (κ1) is 17.3. The van der Waals surface area contributed by atoms with Gasteiger partial charge in [0.15, 0.2) is 5.65 Å². The summed E-state index contributed by atoms with van der Waals surface area (Å²) in [5.74, 6) is -0.116. The molecule has 1 atom stereocenters. The highest BCUT2D eigenvalue weighted by atomic mass is 19.4. The summed E-state index contributed by atoms with van der Waals surface area (Å²) in [6, 6.07) is 13.2. The molecular formula is C19H16F3N5. The monoisotopic (exact) mass is 371 g/mol. The largest absolute Gasteiger partial charge is 0.416 e. The van der Waals surface area contributed by atoms with E-state index >= 15 is 0 Å². The van der Waals surface area contributed by atoms with Gasteiger partial charge in [-0.25, -0.2) is 0 Å². The molecule has 2 heterocycles. The van der Waals surface area contributed by atoms with Gasteiger partial charge in [-0.2, -0.15) is 18.2 Å². The van der Waals surface area contributed by atoms with Crippen molar-refractivity contribution in [1.29, 1.82) is 0 Å². The number of fused-ring (bicyclic) bond motifs is 3. The second-order valence-corrected chi connectivity index (χ2v) is 6.37. The van der Waals surface area contributed by atoms with Gasteiger partial charge in [0.2, 0.25) is 5.95 Å². The normalized spacial score (nSPS) is 13.2. The Balaban J connectivity index is 1.56. The zero-order chi connectivity index (χ0) is 19.0. The number of nitrogens with zero attached hydrogens (tertiary/aromatic N) is 3. The number of benzene rings is 2. The van der Waals surface area contributed by atoms with E-state index in [-0.39, 0.29) is 24.0 Å². The Bertz CT molecular complexity index is 1100. The number of aromatic amines is 1. The number of H-pyrrole nitrogens is 1. The van der Waals surface area contributed by atoms with Crippen molar-refractivity contribution in [2.24, 2.45) is 0 Å². The van der Waals surface area contributed by atoms with Gasteiger partial charge in [0.1, 0.15) is 5.52 Å². The Morgan fingerprint density at radius 1 is 1.04 bits per heavy atom. The summed E-state index contributed by atoms with van der Waals surface area (Å²) < 4.78 is 39.6. The van der Waals surface area contributed by atoms with Gasteiger partial charge in [0, 0.05) is 17.4 Å². The molecule has 4 rings (SSSR count). The van der Waals surface area contributed by atoms with Crippen molar-refractivity contribution < 1.29 is 13.2 Å². The van der Waals surface area contributed by atoms with E-state index in [4.69, 9.17) is 0 Å². The van der Waals surface area contributed by atoms with Gasteiger partial charge < -0.3 is 10.3 Å². The number of para-hydroxylation sites is 1. The van der Waals surface area contributed by atoms with Crippen molar-refractivity contribution >= 4 is 28.0 Å². The van der Waals surface area contributed by atoms with Crippen LogP contribution in [0.2, 0.25) is 0 Å². The smallest absolute Gasteiger partial charge is 0.352 e. The predicted molar refractivity (Wildman–Crippen MR) is 97.5 cm³/mol. The summed E-state index contributed by atoms with van der Waals surface area (Å²) in [5, 5.41) is 12.2. The minimum absolute atomic E-state index is 0.233. The summed E-state index contributed by atoms with van der Waals surface area (Å²) in [7, 11) is 0. The Morgan fingerprint density at radius 2 is 1.78 bits per heavy atom. The molecule has 1 unspecified atom stereocenters. The van der Waals surface area contributed by atoms with Crippen LogP contribution in [0.25, 0.3) is 22.1 Å². The molecule has 2 aromatic carbocycles.